The third kappa shape index (κ3) is 3.07. The Kier molecular flexibility index (Phi) is 3.91. The quantitative estimate of drug-likeness (QED) is 0.902. The van der Waals surface area contributed by atoms with E-state index in [0.717, 1.165) is 13.0 Å². The van der Waals surface area contributed by atoms with E-state index in [1.165, 1.54) is 11.3 Å². The van der Waals surface area contributed by atoms with E-state index >= 15 is 0 Å². The number of para-hydroxylation sites is 1. The molecule has 2 aromatic rings. The van der Waals surface area contributed by atoms with Crippen molar-refractivity contribution in [2.45, 2.75) is 12.3 Å². The molecule has 0 spiro atoms. The first kappa shape index (κ1) is 13.7. The van der Waals surface area contributed by atoms with Crippen molar-refractivity contribution in [2.24, 2.45) is 0 Å². The molecule has 0 bridgehead atoms. The first-order valence-electron chi connectivity index (χ1n) is 7.20. The van der Waals surface area contributed by atoms with Gasteiger partial charge in [0.1, 0.15) is 0 Å². The predicted octanol–water partition coefficient (Wildman–Crippen LogP) is 3.07. The summed E-state index contributed by atoms with van der Waals surface area (Å²) in [6.45, 7) is 7.29. The van der Waals surface area contributed by atoms with Crippen molar-refractivity contribution in [2.75, 3.05) is 18.4 Å². The van der Waals surface area contributed by atoms with Gasteiger partial charge in [-0.05, 0) is 42.7 Å². The van der Waals surface area contributed by atoms with E-state index in [9.17, 15) is 4.79 Å². The van der Waals surface area contributed by atoms with Crippen LogP contribution in [0.15, 0.2) is 48.5 Å². The van der Waals surface area contributed by atoms with Crippen LogP contribution < -0.4 is 10.6 Å². The van der Waals surface area contributed by atoms with Crippen molar-refractivity contribution in [3.05, 3.63) is 72.1 Å². The number of rotatable bonds is 4. The summed E-state index contributed by atoms with van der Waals surface area (Å²) >= 11 is 0. The Balaban J connectivity index is 1.54. The summed E-state index contributed by atoms with van der Waals surface area (Å²) in [5.74, 6) is 0.392. The van der Waals surface area contributed by atoms with Crippen molar-refractivity contribution in [1.29, 1.82) is 0 Å². The van der Waals surface area contributed by atoms with Crippen molar-refractivity contribution in [1.82, 2.24) is 5.32 Å². The normalized spacial score (nSPS) is 16.1. The average Bonchev–Trinajstić information content (AvgIpc) is 2.91. The molecular formula is C18H18N2O. The van der Waals surface area contributed by atoms with Crippen molar-refractivity contribution < 1.29 is 4.79 Å². The summed E-state index contributed by atoms with van der Waals surface area (Å²) in [5.41, 5.74) is 3.77. The topological polar surface area (TPSA) is 41.1 Å². The van der Waals surface area contributed by atoms with Crippen LogP contribution in [0.3, 0.4) is 0 Å². The molecule has 2 radical (unpaired) electrons. The number of carbonyl (C=O) groups is 1. The van der Waals surface area contributed by atoms with Gasteiger partial charge in [0.2, 0.25) is 0 Å². The Hall–Kier alpha value is -2.29. The lowest BCUT2D eigenvalue weighted by Crippen LogP contribution is -2.26. The second kappa shape index (κ2) is 6.00. The first-order chi connectivity index (χ1) is 10.2. The molecule has 1 amide bonds. The number of carbonyl (C=O) groups excluding carboxylic acids is 1. The van der Waals surface area contributed by atoms with Gasteiger partial charge in [0.25, 0.3) is 5.91 Å². The number of hydrogen-bond acceptors (Lipinski definition) is 2. The number of anilines is 1. The highest BCUT2D eigenvalue weighted by atomic mass is 16.1. The molecule has 1 heterocycles. The summed E-state index contributed by atoms with van der Waals surface area (Å²) in [4.78, 5) is 12.0. The summed E-state index contributed by atoms with van der Waals surface area (Å²) in [6, 6.07) is 15.4. The number of fused-ring (bicyclic) bond motifs is 1. The van der Waals surface area contributed by atoms with Crippen LogP contribution in [0.1, 0.15) is 33.8 Å². The second-order valence-electron chi connectivity index (χ2n) is 5.34. The monoisotopic (exact) mass is 278 g/mol. The van der Waals surface area contributed by atoms with Gasteiger partial charge >= 0.3 is 0 Å². The Bertz CT molecular complexity index is 651. The van der Waals surface area contributed by atoms with Crippen LogP contribution >= 0.6 is 0 Å². The molecule has 1 atom stereocenters. The van der Waals surface area contributed by atoms with Crippen molar-refractivity contribution >= 4 is 11.6 Å². The molecular weight excluding hydrogens is 260 g/mol. The zero-order valence-electron chi connectivity index (χ0n) is 11.8. The van der Waals surface area contributed by atoms with Crippen LogP contribution in [-0.4, -0.2) is 19.0 Å². The van der Waals surface area contributed by atoms with Gasteiger partial charge in [-0.2, -0.15) is 0 Å². The zero-order valence-corrected chi connectivity index (χ0v) is 11.8. The molecule has 0 saturated heterocycles. The fourth-order valence-corrected chi connectivity index (χ4v) is 2.76. The van der Waals surface area contributed by atoms with E-state index in [0.29, 0.717) is 23.6 Å². The number of amides is 1. The Morgan fingerprint density at radius 1 is 1.24 bits per heavy atom. The molecule has 0 fully saturated rings. The third-order valence-electron chi connectivity index (χ3n) is 3.87. The highest BCUT2D eigenvalue weighted by Gasteiger charge is 2.21. The molecule has 3 nitrogen and oxygen atoms in total. The molecule has 2 N–H and O–H groups in total. The lowest BCUT2D eigenvalue weighted by molar-refractivity contribution is 0.0952. The van der Waals surface area contributed by atoms with Crippen LogP contribution in [0.4, 0.5) is 5.69 Å². The Labute approximate surface area is 125 Å². The number of hydrogen-bond donors (Lipinski definition) is 2. The molecule has 3 heteroatoms. The first-order valence-corrected chi connectivity index (χ1v) is 7.20. The van der Waals surface area contributed by atoms with Gasteiger partial charge in [0.05, 0.1) is 0 Å². The van der Waals surface area contributed by atoms with Crippen LogP contribution in [0, 0.1) is 6.92 Å². The van der Waals surface area contributed by atoms with Crippen LogP contribution in [0.25, 0.3) is 0 Å². The molecule has 0 saturated carbocycles. The van der Waals surface area contributed by atoms with E-state index in [2.05, 4.69) is 28.8 Å². The van der Waals surface area contributed by atoms with Gasteiger partial charge in [-0.3, -0.25) is 4.79 Å². The van der Waals surface area contributed by atoms with Gasteiger partial charge in [0.15, 0.2) is 0 Å². The number of benzene rings is 2. The molecule has 0 aromatic heterocycles. The van der Waals surface area contributed by atoms with Crippen LogP contribution in [0.2, 0.25) is 0 Å². The minimum atomic E-state index is -0.0680. The van der Waals surface area contributed by atoms with E-state index in [1.54, 1.807) is 24.3 Å². The summed E-state index contributed by atoms with van der Waals surface area (Å²) in [5, 5.41) is 6.36. The van der Waals surface area contributed by atoms with E-state index < -0.39 is 0 Å². The minimum Gasteiger partial charge on any atom is -0.384 e. The smallest absolute Gasteiger partial charge is 0.251 e. The Morgan fingerprint density at radius 2 is 2.10 bits per heavy atom. The largest absolute Gasteiger partial charge is 0.384 e. The molecule has 0 aliphatic carbocycles. The predicted molar refractivity (Wildman–Crippen MR) is 84.5 cm³/mol. The lowest BCUT2D eigenvalue weighted by Gasteiger charge is -2.11. The number of nitrogens with one attached hydrogen (secondary N) is 2. The summed E-state index contributed by atoms with van der Waals surface area (Å²) in [7, 11) is 0. The SMILES string of the molecule is [CH]c1cccc(C(=O)NCCC2CNc3ccccc32)c1. The summed E-state index contributed by atoms with van der Waals surface area (Å²) in [6.07, 6.45) is 0.929. The van der Waals surface area contributed by atoms with Crippen LogP contribution in [0.5, 0.6) is 0 Å². The standard InChI is InChI=1S/C18H18N2O/c1-13-5-4-6-14(11-13)18(21)19-10-9-15-12-20-17-8-3-2-7-16(15)17/h1-8,11,15,20H,9-10,12H2,(H,19,21). The highest BCUT2D eigenvalue weighted by Crippen LogP contribution is 2.32. The Morgan fingerprint density at radius 3 is 2.95 bits per heavy atom. The molecule has 21 heavy (non-hydrogen) atoms. The van der Waals surface area contributed by atoms with Gasteiger partial charge in [0, 0.05) is 30.3 Å². The molecule has 106 valence electrons. The summed E-state index contributed by atoms with van der Waals surface area (Å²) < 4.78 is 0. The van der Waals surface area contributed by atoms with E-state index in [1.807, 2.05) is 6.07 Å². The molecule has 1 unspecified atom stereocenters. The maximum absolute atomic E-state index is 12.0. The van der Waals surface area contributed by atoms with Gasteiger partial charge < -0.3 is 10.6 Å². The minimum absolute atomic E-state index is 0.0680. The van der Waals surface area contributed by atoms with Crippen molar-refractivity contribution in [3.63, 3.8) is 0 Å². The van der Waals surface area contributed by atoms with Crippen LogP contribution in [-0.2, 0) is 0 Å². The van der Waals surface area contributed by atoms with Gasteiger partial charge in [-0.1, -0.05) is 30.3 Å². The fourth-order valence-electron chi connectivity index (χ4n) is 2.76. The van der Waals surface area contributed by atoms with Gasteiger partial charge in [-0.25, -0.2) is 0 Å². The molecule has 1 aliphatic heterocycles. The molecule has 2 aromatic carbocycles. The maximum Gasteiger partial charge on any atom is 0.251 e. The lowest BCUT2D eigenvalue weighted by atomic mass is 9.98. The zero-order chi connectivity index (χ0) is 14.7. The van der Waals surface area contributed by atoms with Crippen molar-refractivity contribution in [3.8, 4) is 0 Å². The van der Waals surface area contributed by atoms with E-state index in [4.69, 9.17) is 6.92 Å². The van der Waals surface area contributed by atoms with E-state index in [-0.39, 0.29) is 5.91 Å². The average molecular weight is 278 g/mol. The molecule has 1 aliphatic rings. The maximum atomic E-state index is 12.0. The highest BCUT2D eigenvalue weighted by molar-refractivity contribution is 5.94. The fraction of sp³-hybridized carbons (Fsp3) is 0.222. The molecule has 3 rings (SSSR count). The third-order valence-corrected chi connectivity index (χ3v) is 3.87. The second-order valence-corrected chi connectivity index (χ2v) is 5.34. The van der Waals surface area contributed by atoms with Gasteiger partial charge in [-0.15, -0.1) is 0 Å².